The van der Waals surface area contributed by atoms with Crippen LogP contribution < -0.4 is 11.1 Å². The summed E-state index contributed by atoms with van der Waals surface area (Å²) in [5.41, 5.74) is 8.32. The minimum atomic E-state index is -0.684. The van der Waals surface area contributed by atoms with E-state index in [0.29, 0.717) is 5.70 Å². The zero-order valence-electron chi connectivity index (χ0n) is 10.9. The molecule has 98 valence electrons. The highest BCUT2D eigenvalue weighted by molar-refractivity contribution is 5.96. The van der Waals surface area contributed by atoms with E-state index in [1.807, 2.05) is 18.2 Å². The van der Waals surface area contributed by atoms with Crippen LogP contribution in [0.4, 0.5) is 0 Å². The third kappa shape index (κ3) is 2.76. The van der Waals surface area contributed by atoms with Crippen LogP contribution in [0.15, 0.2) is 35.5 Å². The smallest absolute Gasteiger partial charge is 0.261 e. The first-order valence-corrected chi connectivity index (χ1v) is 6.38. The molecule has 1 aliphatic rings. The van der Waals surface area contributed by atoms with Gasteiger partial charge < -0.3 is 11.1 Å². The van der Waals surface area contributed by atoms with Gasteiger partial charge in [0.05, 0.1) is 6.04 Å². The first kappa shape index (κ1) is 13.2. The third-order valence-corrected chi connectivity index (χ3v) is 3.49. The van der Waals surface area contributed by atoms with Gasteiger partial charge in [-0.25, -0.2) is 0 Å². The Morgan fingerprint density at radius 1 is 1.47 bits per heavy atom. The lowest BCUT2D eigenvalue weighted by molar-refractivity contribution is -0.114. The number of nitrogens with two attached hydrogens (primary N) is 1. The zero-order chi connectivity index (χ0) is 13.8. The number of nitrogens with one attached hydrogen (secondary N) is 1. The molecule has 0 heterocycles. The number of hydrogen-bond donors (Lipinski definition) is 2. The normalized spacial score (nSPS) is 18.8. The Morgan fingerprint density at radius 2 is 2.21 bits per heavy atom. The van der Waals surface area contributed by atoms with Crippen LogP contribution in [0, 0.1) is 11.3 Å². The summed E-state index contributed by atoms with van der Waals surface area (Å²) < 4.78 is 0. The minimum Gasteiger partial charge on any atom is -0.381 e. The van der Waals surface area contributed by atoms with Crippen molar-refractivity contribution >= 4 is 5.91 Å². The summed E-state index contributed by atoms with van der Waals surface area (Å²) >= 11 is 0. The second kappa shape index (κ2) is 5.57. The van der Waals surface area contributed by atoms with Gasteiger partial charge in [0.15, 0.2) is 0 Å². The summed E-state index contributed by atoms with van der Waals surface area (Å²) in [5, 5.41) is 12.2. The second-order valence-corrected chi connectivity index (χ2v) is 4.76. The molecule has 1 aromatic rings. The van der Waals surface area contributed by atoms with E-state index in [2.05, 4.69) is 17.4 Å². The molecule has 0 aromatic heterocycles. The van der Waals surface area contributed by atoms with Crippen molar-refractivity contribution in [2.75, 3.05) is 0 Å². The topological polar surface area (TPSA) is 78.9 Å². The van der Waals surface area contributed by atoms with Gasteiger partial charge in [0, 0.05) is 5.70 Å². The molecule has 0 saturated heterocycles. The minimum absolute atomic E-state index is 0.00283. The quantitative estimate of drug-likeness (QED) is 0.640. The molecule has 0 saturated carbocycles. The fraction of sp³-hybridized carbons (Fsp3) is 0.333. The van der Waals surface area contributed by atoms with Crippen molar-refractivity contribution in [1.82, 2.24) is 5.32 Å². The maximum absolute atomic E-state index is 11.2. The molecule has 1 atom stereocenters. The summed E-state index contributed by atoms with van der Waals surface area (Å²) in [6.45, 7) is 1.72. The molecule has 0 aliphatic heterocycles. The van der Waals surface area contributed by atoms with E-state index in [4.69, 9.17) is 11.0 Å². The number of benzene rings is 1. The highest BCUT2D eigenvalue weighted by atomic mass is 16.1. The molecule has 3 N–H and O–H groups in total. The zero-order valence-corrected chi connectivity index (χ0v) is 10.9. The highest BCUT2D eigenvalue weighted by Crippen LogP contribution is 2.30. The van der Waals surface area contributed by atoms with E-state index in [1.54, 1.807) is 6.92 Å². The monoisotopic (exact) mass is 255 g/mol. The molecule has 2 rings (SSSR count). The number of fused-ring (bicyclic) bond motifs is 1. The molecule has 0 radical (unpaired) electrons. The number of carbonyl (C=O) groups is 1. The number of aryl methyl sites for hydroxylation is 1. The molecular formula is C15H17N3O. The lowest BCUT2D eigenvalue weighted by Gasteiger charge is -2.27. The maximum atomic E-state index is 11.2. The number of carbonyl (C=O) groups excluding carboxylic acids is 1. The predicted molar refractivity (Wildman–Crippen MR) is 72.8 cm³/mol. The molecule has 0 bridgehead atoms. The summed E-state index contributed by atoms with van der Waals surface area (Å²) in [6.07, 6.45) is 3.17. The summed E-state index contributed by atoms with van der Waals surface area (Å²) in [5.74, 6) is -0.684. The number of amides is 1. The van der Waals surface area contributed by atoms with E-state index in [9.17, 15) is 4.79 Å². The third-order valence-electron chi connectivity index (χ3n) is 3.49. The second-order valence-electron chi connectivity index (χ2n) is 4.76. The lowest BCUT2D eigenvalue weighted by Crippen LogP contribution is -2.27. The van der Waals surface area contributed by atoms with Crippen molar-refractivity contribution in [3.8, 4) is 6.07 Å². The van der Waals surface area contributed by atoms with Gasteiger partial charge in [-0.05, 0) is 37.3 Å². The van der Waals surface area contributed by atoms with Crippen LogP contribution in [0.1, 0.15) is 36.9 Å². The fourth-order valence-electron chi connectivity index (χ4n) is 2.56. The summed E-state index contributed by atoms with van der Waals surface area (Å²) in [6, 6.07) is 10.3. The van der Waals surface area contributed by atoms with Gasteiger partial charge in [0.25, 0.3) is 5.91 Å². The van der Waals surface area contributed by atoms with E-state index >= 15 is 0 Å². The van der Waals surface area contributed by atoms with E-state index in [0.717, 1.165) is 19.3 Å². The Bertz CT molecular complexity index is 569. The van der Waals surface area contributed by atoms with Gasteiger partial charge in [-0.2, -0.15) is 5.26 Å². The molecule has 1 amide bonds. The van der Waals surface area contributed by atoms with Crippen LogP contribution in [-0.2, 0) is 11.2 Å². The summed E-state index contributed by atoms with van der Waals surface area (Å²) in [7, 11) is 0. The number of nitrogens with zero attached hydrogens (tertiary/aromatic N) is 1. The van der Waals surface area contributed by atoms with Crippen LogP contribution in [0.2, 0.25) is 0 Å². The average Bonchev–Trinajstić information content (AvgIpc) is 2.39. The standard InChI is InChI=1S/C15H17N3O/c1-10(13(9-16)15(17)19)18-14-8-4-6-11-5-2-3-7-12(11)14/h2-3,5,7,14,18H,4,6,8H2,1H3,(H2,17,19). The number of primary amides is 1. The summed E-state index contributed by atoms with van der Waals surface area (Å²) in [4.78, 5) is 11.2. The van der Waals surface area contributed by atoms with Gasteiger partial charge in [-0.3, -0.25) is 4.79 Å². The van der Waals surface area contributed by atoms with Crippen molar-refractivity contribution in [1.29, 1.82) is 5.26 Å². The first-order valence-electron chi connectivity index (χ1n) is 6.38. The molecule has 0 spiro atoms. The Labute approximate surface area is 112 Å². The van der Waals surface area contributed by atoms with E-state index < -0.39 is 5.91 Å². The Hall–Kier alpha value is -2.28. The highest BCUT2D eigenvalue weighted by Gasteiger charge is 2.20. The fourth-order valence-corrected chi connectivity index (χ4v) is 2.56. The molecule has 0 fully saturated rings. The van der Waals surface area contributed by atoms with Gasteiger partial charge in [-0.15, -0.1) is 0 Å². The van der Waals surface area contributed by atoms with Gasteiger partial charge >= 0.3 is 0 Å². The molecule has 1 aliphatic carbocycles. The average molecular weight is 255 g/mol. The largest absolute Gasteiger partial charge is 0.381 e. The molecule has 1 unspecified atom stereocenters. The van der Waals surface area contributed by atoms with Gasteiger partial charge in [0.2, 0.25) is 0 Å². The molecule has 19 heavy (non-hydrogen) atoms. The van der Waals surface area contributed by atoms with Crippen molar-refractivity contribution in [2.45, 2.75) is 32.2 Å². The Kier molecular flexibility index (Phi) is 3.86. The maximum Gasteiger partial charge on any atom is 0.261 e. The molecular weight excluding hydrogens is 238 g/mol. The van der Waals surface area contributed by atoms with Crippen LogP contribution in [-0.4, -0.2) is 5.91 Å². The van der Waals surface area contributed by atoms with Crippen LogP contribution in [0.25, 0.3) is 0 Å². The van der Waals surface area contributed by atoms with Gasteiger partial charge in [-0.1, -0.05) is 24.3 Å². The number of allylic oxidation sites excluding steroid dienone is 1. The molecule has 4 heteroatoms. The molecule has 1 aromatic carbocycles. The number of nitriles is 1. The lowest BCUT2D eigenvalue weighted by atomic mass is 9.87. The van der Waals surface area contributed by atoms with E-state index in [1.165, 1.54) is 11.1 Å². The Morgan fingerprint density at radius 3 is 2.89 bits per heavy atom. The number of rotatable bonds is 3. The van der Waals surface area contributed by atoms with Crippen LogP contribution in [0.5, 0.6) is 0 Å². The van der Waals surface area contributed by atoms with E-state index in [-0.39, 0.29) is 11.6 Å². The number of hydrogen-bond acceptors (Lipinski definition) is 3. The van der Waals surface area contributed by atoms with Crippen LogP contribution in [0.3, 0.4) is 0 Å². The van der Waals surface area contributed by atoms with Gasteiger partial charge in [0.1, 0.15) is 11.6 Å². The Balaban J connectivity index is 2.27. The van der Waals surface area contributed by atoms with Crippen molar-refractivity contribution in [3.05, 3.63) is 46.7 Å². The van der Waals surface area contributed by atoms with Crippen molar-refractivity contribution in [3.63, 3.8) is 0 Å². The SMILES string of the molecule is CC(NC1CCCc2ccccc21)=C(C#N)C(N)=O. The van der Waals surface area contributed by atoms with Crippen molar-refractivity contribution in [2.24, 2.45) is 5.73 Å². The predicted octanol–water partition coefficient (Wildman–Crippen LogP) is 1.94. The van der Waals surface area contributed by atoms with Crippen LogP contribution >= 0.6 is 0 Å². The van der Waals surface area contributed by atoms with Crippen molar-refractivity contribution < 1.29 is 4.79 Å². The molecule has 4 nitrogen and oxygen atoms in total. The first-order chi connectivity index (χ1) is 9.13.